The van der Waals surface area contributed by atoms with Crippen molar-refractivity contribution in [2.75, 3.05) is 31.1 Å². The summed E-state index contributed by atoms with van der Waals surface area (Å²) in [7, 11) is 0. The fourth-order valence-corrected chi connectivity index (χ4v) is 3.99. The first-order chi connectivity index (χ1) is 11.7. The Morgan fingerprint density at radius 2 is 1.83 bits per heavy atom. The smallest absolute Gasteiger partial charge is 0.225 e. The molecule has 1 fully saturated rings. The van der Waals surface area contributed by atoms with E-state index in [1.165, 1.54) is 10.3 Å². The summed E-state index contributed by atoms with van der Waals surface area (Å²) < 4.78 is 2.17. The predicted octanol–water partition coefficient (Wildman–Crippen LogP) is 3.73. The van der Waals surface area contributed by atoms with E-state index in [1.807, 2.05) is 5.51 Å². The van der Waals surface area contributed by atoms with E-state index >= 15 is 0 Å². The van der Waals surface area contributed by atoms with E-state index in [4.69, 9.17) is 0 Å². The topological polar surface area (TPSA) is 45.2 Å². The first-order valence-corrected chi connectivity index (χ1v) is 9.68. The van der Waals surface area contributed by atoms with Gasteiger partial charge in [0.05, 0.1) is 20.2 Å². The second kappa shape index (κ2) is 6.74. The van der Waals surface area contributed by atoms with Gasteiger partial charge in [0.25, 0.3) is 0 Å². The number of fused-ring (bicyclic) bond motifs is 1. The van der Waals surface area contributed by atoms with Gasteiger partial charge in [0.1, 0.15) is 0 Å². The first kappa shape index (κ1) is 15.9. The van der Waals surface area contributed by atoms with Gasteiger partial charge in [0.15, 0.2) is 0 Å². The largest absolute Gasteiger partial charge is 0.338 e. The maximum Gasteiger partial charge on any atom is 0.225 e. The van der Waals surface area contributed by atoms with Gasteiger partial charge in [-0.15, -0.1) is 11.3 Å². The summed E-state index contributed by atoms with van der Waals surface area (Å²) in [5.41, 5.74) is 4.35. The molecule has 1 unspecified atom stereocenters. The van der Waals surface area contributed by atoms with Crippen LogP contribution in [0.5, 0.6) is 0 Å². The molecule has 0 spiro atoms. The molecule has 1 aliphatic rings. The van der Waals surface area contributed by atoms with Crippen molar-refractivity contribution in [1.29, 1.82) is 0 Å². The molecule has 1 aromatic carbocycles. The van der Waals surface area contributed by atoms with Crippen molar-refractivity contribution in [3.8, 4) is 0 Å². The number of anilines is 1. The lowest BCUT2D eigenvalue weighted by atomic mass is 10.1. The quantitative estimate of drug-likeness (QED) is 0.666. The highest BCUT2D eigenvalue weighted by Crippen LogP contribution is 2.27. The van der Waals surface area contributed by atoms with E-state index in [-0.39, 0.29) is 0 Å². The second-order valence-electron chi connectivity index (χ2n) is 5.98. The number of hydrogen-bond acceptors (Lipinski definition) is 6. The van der Waals surface area contributed by atoms with Crippen LogP contribution in [0.15, 0.2) is 40.6 Å². The summed E-state index contributed by atoms with van der Waals surface area (Å²) in [5, 5.41) is 0. The number of benzene rings is 1. The maximum atomic E-state index is 4.44. The minimum absolute atomic E-state index is 0.393. The molecule has 24 heavy (non-hydrogen) atoms. The SMILES string of the molecule is CC(c1ccc2scnc2c1)N1CCN(c2ncc(Br)cn2)CC1. The molecule has 3 heterocycles. The molecule has 5 nitrogen and oxygen atoms in total. The highest BCUT2D eigenvalue weighted by Gasteiger charge is 2.23. The average molecular weight is 404 g/mol. The van der Waals surface area contributed by atoms with Crippen LogP contribution < -0.4 is 4.90 Å². The Hall–Kier alpha value is -1.57. The number of piperazine rings is 1. The lowest BCUT2D eigenvalue weighted by molar-refractivity contribution is 0.198. The van der Waals surface area contributed by atoms with Gasteiger partial charge in [-0.1, -0.05) is 6.07 Å². The zero-order chi connectivity index (χ0) is 16.5. The Kier molecular flexibility index (Phi) is 4.47. The van der Waals surface area contributed by atoms with Crippen LogP contribution in [0.3, 0.4) is 0 Å². The number of rotatable bonds is 3. The van der Waals surface area contributed by atoms with Crippen molar-refractivity contribution in [2.45, 2.75) is 13.0 Å². The Bertz CT molecular complexity index is 826. The van der Waals surface area contributed by atoms with Gasteiger partial charge < -0.3 is 4.90 Å². The van der Waals surface area contributed by atoms with Gasteiger partial charge >= 0.3 is 0 Å². The third kappa shape index (κ3) is 3.16. The van der Waals surface area contributed by atoms with Crippen LogP contribution in [-0.4, -0.2) is 46.0 Å². The second-order valence-corrected chi connectivity index (χ2v) is 7.78. The molecule has 0 aliphatic carbocycles. The lowest BCUT2D eigenvalue weighted by Gasteiger charge is -2.38. The third-order valence-electron chi connectivity index (χ3n) is 4.59. The monoisotopic (exact) mass is 403 g/mol. The van der Waals surface area contributed by atoms with Crippen molar-refractivity contribution in [2.24, 2.45) is 0 Å². The number of aromatic nitrogens is 3. The Morgan fingerprint density at radius 1 is 1.08 bits per heavy atom. The van der Waals surface area contributed by atoms with Crippen molar-refractivity contribution in [3.63, 3.8) is 0 Å². The van der Waals surface area contributed by atoms with Crippen molar-refractivity contribution in [3.05, 3.63) is 46.1 Å². The molecule has 7 heteroatoms. The van der Waals surface area contributed by atoms with Crippen LogP contribution in [0.2, 0.25) is 0 Å². The van der Waals surface area contributed by atoms with Crippen LogP contribution in [0.25, 0.3) is 10.2 Å². The van der Waals surface area contributed by atoms with Crippen LogP contribution in [0, 0.1) is 0 Å². The van der Waals surface area contributed by atoms with E-state index in [1.54, 1.807) is 23.7 Å². The molecule has 0 saturated carbocycles. The summed E-state index contributed by atoms with van der Waals surface area (Å²) in [6, 6.07) is 7.03. The van der Waals surface area contributed by atoms with Crippen molar-refractivity contribution < 1.29 is 0 Å². The van der Waals surface area contributed by atoms with Gasteiger partial charge in [-0.05, 0) is 40.5 Å². The fraction of sp³-hybridized carbons (Fsp3) is 0.353. The molecular weight excluding hydrogens is 386 g/mol. The summed E-state index contributed by atoms with van der Waals surface area (Å²) in [6.45, 7) is 6.19. The minimum atomic E-state index is 0.393. The molecule has 124 valence electrons. The van der Waals surface area contributed by atoms with Gasteiger partial charge in [-0.2, -0.15) is 0 Å². The average Bonchev–Trinajstić information content (AvgIpc) is 3.09. The van der Waals surface area contributed by atoms with Crippen LogP contribution >= 0.6 is 27.3 Å². The van der Waals surface area contributed by atoms with E-state index in [0.717, 1.165) is 42.1 Å². The Morgan fingerprint density at radius 3 is 2.58 bits per heavy atom. The van der Waals surface area contributed by atoms with E-state index in [0.29, 0.717) is 6.04 Å². The molecule has 0 N–H and O–H groups in total. The summed E-state index contributed by atoms with van der Waals surface area (Å²) in [6.07, 6.45) is 3.61. The summed E-state index contributed by atoms with van der Waals surface area (Å²) in [5.74, 6) is 0.814. The molecule has 4 rings (SSSR count). The first-order valence-electron chi connectivity index (χ1n) is 8.00. The molecular formula is C17H18BrN5S. The van der Waals surface area contributed by atoms with Crippen LogP contribution in [0.4, 0.5) is 5.95 Å². The summed E-state index contributed by atoms with van der Waals surface area (Å²) >= 11 is 5.08. The van der Waals surface area contributed by atoms with Crippen LogP contribution in [0.1, 0.15) is 18.5 Å². The lowest BCUT2D eigenvalue weighted by Crippen LogP contribution is -2.47. The molecule has 3 aromatic rings. The summed E-state index contributed by atoms with van der Waals surface area (Å²) in [4.78, 5) is 18.0. The van der Waals surface area contributed by atoms with Gasteiger partial charge in [-0.3, -0.25) is 4.90 Å². The number of thiazole rings is 1. The number of nitrogens with zero attached hydrogens (tertiary/aromatic N) is 5. The predicted molar refractivity (Wildman–Crippen MR) is 102 cm³/mol. The normalized spacial score (nSPS) is 17.3. The third-order valence-corrected chi connectivity index (χ3v) is 5.81. The highest BCUT2D eigenvalue weighted by molar-refractivity contribution is 9.10. The van der Waals surface area contributed by atoms with E-state index < -0.39 is 0 Å². The van der Waals surface area contributed by atoms with Gasteiger partial charge in [-0.25, -0.2) is 15.0 Å². The van der Waals surface area contributed by atoms with Gasteiger partial charge in [0, 0.05) is 44.6 Å². The van der Waals surface area contributed by atoms with Crippen LogP contribution in [-0.2, 0) is 0 Å². The molecule has 1 saturated heterocycles. The molecule has 2 aromatic heterocycles. The molecule has 1 atom stereocenters. The van der Waals surface area contributed by atoms with Crippen molar-refractivity contribution >= 4 is 43.4 Å². The van der Waals surface area contributed by atoms with E-state index in [2.05, 4.69) is 65.8 Å². The highest BCUT2D eigenvalue weighted by atomic mass is 79.9. The molecule has 0 radical (unpaired) electrons. The molecule has 0 amide bonds. The zero-order valence-electron chi connectivity index (χ0n) is 13.4. The number of hydrogen-bond donors (Lipinski definition) is 0. The van der Waals surface area contributed by atoms with Gasteiger partial charge in [0.2, 0.25) is 5.95 Å². The zero-order valence-corrected chi connectivity index (χ0v) is 15.8. The number of halogens is 1. The fourth-order valence-electron chi connectivity index (χ4n) is 3.12. The molecule has 0 bridgehead atoms. The van der Waals surface area contributed by atoms with E-state index in [9.17, 15) is 0 Å². The maximum absolute atomic E-state index is 4.44. The minimum Gasteiger partial charge on any atom is -0.338 e. The molecule has 1 aliphatic heterocycles. The standard InChI is InChI=1S/C17H18BrN5S/c1-12(13-2-3-16-15(8-13)21-11-24-16)22-4-6-23(7-5-22)17-19-9-14(18)10-20-17/h2-3,8-12H,4-7H2,1H3. The van der Waals surface area contributed by atoms with Crippen molar-refractivity contribution in [1.82, 2.24) is 19.9 Å². The Balaban J connectivity index is 1.43. The Labute approximate surface area is 153 Å².